The third-order valence-electron chi connectivity index (χ3n) is 4.89. The number of ether oxygens (including phenoxy) is 1. The fraction of sp³-hybridized carbons (Fsp3) is 0.625. The second kappa shape index (κ2) is 5.10. The Balaban J connectivity index is 1.58. The second-order valence-corrected chi connectivity index (χ2v) is 6.52. The lowest BCUT2D eigenvalue weighted by Crippen LogP contribution is -2.66. The third kappa shape index (κ3) is 2.26. The molecule has 1 heterocycles. The summed E-state index contributed by atoms with van der Waals surface area (Å²) in [6.07, 6.45) is 0.842. The van der Waals surface area contributed by atoms with E-state index in [0.29, 0.717) is 24.6 Å². The Hall–Kier alpha value is -0.970. The minimum Gasteiger partial charge on any atom is -0.387 e. The third-order valence-corrected chi connectivity index (χ3v) is 4.89. The van der Waals surface area contributed by atoms with E-state index in [-0.39, 0.29) is 11.2 Å². The van der Waals surface area contributed by atoms with Crippen molar-refractivity contribution < 1.29 is 14.2 Å². The summed E-state index contributed by atoms with van der Waals surface area (Å²) in [5, 5.41) is 13.6. The molecule has 1 saturated heterocycles. The molecule has 1 aromatic rings. The van der Waals surface area contributed by atoms with E-state index in [9.17, 15) is 9.50 Å². The highest BCUT2D eigenvalue weighted by Gasteiger charge is 2.58. The number of hydrogen-bond donors (Lipinski definition) is 2. The number of hydrogen-bond acceptors (Lipinski definition) is 3. The summed E-state index contributed by atoms with van der Waals surface area (Å²) in [6, 6.07) is 6.41. The van der Waals surface area contributed by atoms with Crippen molar-refractivity contribution in [1.29, 1.82) is 0 Å². The minimum absolute atomic E-state index is 0.115. The van der Waals surface area contributed by atoms with Gasteiger partial charge in [-0.05, 0) is 24.1 Å². The molecule has 1 aromatic carbocycles. The van der Waals surface area contributed by atoms with Crippen LogP contribution in [0.4, 0.5) is 4.39 Å². The summed E-state index contributed by atoms with van der Waals surface area (Å²) in [7, 11) is 0. The van der Waals surface area contributed by atoms with Gasteiger partial charge in [-0.25, -0.2) is 4.39 Å². The molecule has 0 aromatic heterocycles. The Labute approximate surface area is 119 Å². The zero-order valence-electron chi connectivity index (χ0n) is 12.0. The van der Waals surface area contributed by atoms with Gasteiger partial charge in [-0.15, -0.1) is 0 Å². The smallest absolute Gasteiger partial charge is 0.123 e. The summed E-state index contributed by atoms with van der Waals surface area (Å²) in [5.74, 6) is 0.283. The molecule has 3 nitrogen and oxygen atoms in total. The Morgan fingerprint density at radius 1 is 1.40 bits per heavy atom. The van der Waals surface area contributed by atoms with Gasteiger partial charge in [0.2, 0.25) is 0 Å². The Morgan fingerprint density at radius 2 is 2.10 bits per heavy atom. The predicted octanol–water partition coefficient (Wildman–Crippen LogP) is 2.26. The number of halogens is 1. The van der Waals surface area contributed by atoms with Crippen molar-refractivity contribution >= 4 is 0 Å². The average molecular weight is 279 g/mol. The number of rotatable bonds is 4. The SMILES string of the molecule is CC1(C)C(NCC(O)c2ccc(F)cc2)C2CCOC21. The largest absolute Gasteiger partial charge is 0.387 e. The van der Waals surface area contributed by atoms with E-state index < -0.39 is 6.10 Å². The number of benzene rings is 1. The first kappa shape index (κ1) is 14.0. The molecule has 1 aliphatic carbocycles. The van der Waals surface area contributed by atoms with Gasteiger partial charge in [-0.2, -0.15) is 0 Å². The molecule has 2 N–H and O–H groups in total. The first-order valence-corrected chi connectivity index (χ1v) is 7.28. The minimum atomic E-state index is -0.604. The highest BCUT2D eigenvalue weighted by Crippen LogP contribution is 2.52. The van der Waals surface area contributed by atoms with Crippen molar-refractivity contribution in [2.45, 2.75) is 38.5 Å². The molecule has 4 unspecified atom stereocenters. The van der Waals surface area contributed by atoms with Gasteiger partial charge >= 0.3 is 0 Å². The zero-order chi connectivity index (χ0) is 14.3. The maximum atomic E-state index is 12.9. The molecule has 3 rings (SSSR count). The van der Waals surface area contributed by atoms with Gasteiger partial charge in [0.1, 0.15) is 5.82 Å². The monoisotopic (exact) mass is 279 g/mol. The number of fused-ring (bicyclic) bond motifs is 1. The lowest BCUT2D eigenvalue weighted by Gasteiger charge is -2.55. The summed E-state index contributed by atoms with van der Waals surface area (Å²) < 4.78 is 18.6. The Kier molecular flexibility index (Phi) is 3.56. The summed E-state index contributed by atoms with van der Waals surface area (Å²) in [6.45, 7) is 5.75. The van der Waals surface area contributed by atoms with E-state index in [1.54, 1.807) is 12.1 Å². The van der Waals surface area contributed by atoms with E-state index in [1.165, 1.54) is 12.1 Å². The summed E-state index contributed by atoms with van der Waals surface area (Å²) in [4.78, 5) is 0. The molecule has 4 heteroatoms. The van der Waals surface area contributed by atoms with Gasteiger partial charge < -0.3 is 15.2 Å². The van der Waals surface area contributed by atoms with Crippen molar-refractivity contribution in [1.82, 2.24) is 5.32 Å². The van der Waals surface area contributed by atoms with Crippen LogP contribution in [0.1, 0.15) is 31.9 Å². The second-order valence-electron chi connectivity index (χ2n) is 6.52. The maximum Gasteiger partial charge on any atom is 0.123 e. The molecule has 0 bridgehead atoms. The van der Waals surface area contributed by atoms with E-state index in [2.05, 4.69) is 19.2 Å². The van der Waals surface area contributed by atoms with E-state index in [0.717, 1.165) is 18.6 Å². The Bertz CT molecular complexity index is 474. The van der Waals surface area contributed by atoms with Crippen LogP contribution >= 0.6 is 0 Å². The molecule has 20 heavy (non-hydrogen) atoms. The summed E-state index contributed by atoms with van der Waals surface area (Å²) in [5.41, 5.74) is 0.860. The lowest BCUT2D eigenvalue weighted by atomic mass is 9.57. The molecule has 0 spiro atoms. The standard InChI is InChI=1S/C16H22FNO2/c1-16(2)14(12-7-8-20-15(12)16)18-9-13(19)10-3-5-11(17)6-4-10/h3-6,12-15,18-19H,7-9H2,1-2H3. The molecule has 1 saturated carbocycles. The lowest BCUT2D eigenvalue weighted by molar-refractivity contribution is -0.114. The van der Waals surface area contributed by atoms with Crippen molar-refractivity contribution in [3.05, 3.63) is 35.6 Å². The molecule has 0 amide bonds. The van der Waals surface area contributed by atoms with Crippen LogP contribution < -0.4 is 5.32 Å². The van der Waals surface area contributed by atoms with Crippen LogP contribution in [0.2, 0.25) is 0 Å². The molecule has 110 valence electrons. The first-order chi connectivity index (χ1) is 9.50. The molecule has 1 aliphatic heterocycles. The van der Waals surface area contributed by atoms with Crippen LogP contribution in [0.5, 0.6) is 0 Å². The average Bonchev–Trinajstić information content (AvgIpc) is 2.86. The molecule has 4 atom stereocenters. The van der Waals surface area contributed by atoms with Crippen molar-refractivity contribution in [2.75, 3.05) is 13.2 Å². The Morgan fingerprint density at radius 3 is 2.80 bits per heavy atom. The topological polar surface area (TPSA) is 41.5 Å². The van der Waals surface area contributed by atoms with Crippen LogP contribution in [0.15, 0.2) is 24.3 Å². The highest BCUT2D eigenvalue weighted by atomic mass is 19.1. The van der Waals surface area contributed by atoms with E-state index in [4.69, 9.17) is 4.74 Å². The molecule has 0 radical (unpaired) electrons. The van der Waals surface area contributed by atoms with Gasteiger partial charge in [0.25, 0.3) is 0 Å². The first-order valence-electron chi connectivity index (χ1n) is 7.28. The van der Waals surface area contributed by atoms with Crippen LogP contribution in [-0.2, 0) is 4.74 Å². The predicted molar refractivity (Wildman–Crippen MR) is 74.8 cm³/mol. The maximum absolute atomic E-state index is 12.9. The quantitative estimate of drug-likeness (QED) is 0.888. The number of aliphatic hydroxyl groups is 1. The zero-order valence-corrected chi connectivity index (χ0v) is 12.0. The van der Waals surface area contributed by atoms with Crippen molar-refractivity contribution in [2.24, 2.45) is 11.3 Å². The van der Waals surface area contributed by atoms with Crippen LogP contribution in [0.25, 0.3) is 0 Å². The highest BCUT2D eigenvalue weighted by molar-refractivity contribution is 5.19. The number of aliphatic hydroxyl groups excluding tert-OH is 1. The van der Waals surface area contributed by atoms with Crippen LogP contribution in [-0.4, -0.2) is 30.4 Å². The van der Waals surface area contributed by atoms with Crippen LogP contribution in [0, 0.1) is 17.2 Å². The van der Waals surface area contributed by atoms with Gasteiger partial charge in [-0.1, -0.05) is 26.0 Å². The van der Waals surface area contributed by atoms with Gasteiger partial charge in [0, 0.05) is 30.5 Å². The van der Waals surface area contributed by atoms with Crippen LogP contribution in [0.3, 0.4) is 0 Å². The van der Waals surface area contributed by atoms with Crippen molar-refractivity contribution in [3.8, 4) is 0 Å². The summed E-state index contributed by atoms with van der Waals surface area (Å²) >= 11 is 0. The van der Waals surface area contributed by atoms with Gasteiger partial charge in [0.15, 0.2) is 0 Å². The van der Waals surface area contributed by atoms with E-state index in [1.807, 2.05) is 0 Å². The molecule has 2 aliphatic rings. The number of nitrogens with one attached hydrogen (secondary N) is 1. The molecular formula is C16H22FNO2. The molecular weight excluding hydrogens is 257 g/mol. The van der Waals surface area contributed by atoms with E-state index >= 15 is 0 Å². The normalized spacial score (nSPS) is 32.5. The fourth-order valence-corrected chi connectivity index (χ4v) is 3.78. The van der Waals surface area contributed by atoms with Gasteiger partial charge in [0.05, 0.1) is 12.2 Å². The molecule has 2 fully saturated rings. The fourth-order valence-electron chi connectivity index (χ4n) is 3.78. The van der Waals surface area contributed by atoms with Crippen molar-refractivity contribution in [3.63, 3.8) is 0 Å². The van der Waals surface area contributed by atoms with Gasteiger partial charge in [-0.3, -0.25) is 0 Å².